The van der Waals surface area contributed by atoms with E-state index in [1.165, 1.54) is 15.9 Å². The molecule has 0 saturated heterocycles. The number of unbranched alkanes of at least 4 members (excludes halogenated alkanes) is 1. The van der Waals surface area contributed by atoms with Crippen molar-refractivity contribution in [1.82, 2.24) is 15.1 Å². The predicted molar refractivity (Wildman–Crippen MR) is 187 cm³/mol. The molecule has 0 unspecified atom stereocenters. The maximum Gasteiger partial charge on any atom is 0.246 e. The Morgan fingerprint density at radius 2 is 1.47 bits per heavy atom. The Labute approximate surface area is 278 Å². The summed E-state index contributed by atoms with van der Waals surface area (Å²) < 4.78 is 0. The van der Waals surface area contributed by atoms with Crippen LogP contribution >= 0.6 is 0 Å². The molecule has 0 heterocycles. The van der Waals surface area contributed by atoms with Crippen molar-refractivity contribution in [3.8, 4) is 0 Å². The second-order valence-corrected chi connectivity index (χ2v) is 12.8. The largest absolute Gasteiger partial charge is 0.368 e. The number of amides is 4. The number of benzene rings is 3. The molecule has 0 fully saturated rings. The zero-order chi connectivity index (χ0) is 34.6. The number of carbonyl (C=O) groups is 4. The molecule has 3 atom stereocenters. The number of nitrogens with one attached hydrogen (secondary N) is 1. The lowest BCUT2D eigenvalue weighted by Crippen LogP contribution is -2.58. The third-order valence-electron chi connectivity index (χ3n) is 8.24. The third kappa shape index (κ3) is 11.3. The van der Waals surface area contributed by atoms with Crippen molar-refractivity contribution in [1.29, 1.82) is 0 Å². The molecule has 7 N–H and O–H groups in total. The van der Waals surface area contributed by atoms with E-state index in [1.807, 2.05) is 86.6 Å². The topological polar surface area (TPSA) is 165 Å². The number of likely N-dealkylation sites (N-methyl/N-ethyl adjacent to an activating group) is 2. The molecule has 10 heteroatoms. The molecule has 10 nitrogen and oxygen atoms in total. The van der Waals surface area contributed by atoms with Crippen molar-refractivity contribution in [3.05, 3.63) is 96.1 Å². The maximum absolute atomic E-state index is 14.5. The standard InChI is InChI=1S/C37H50N6O4/c1-37(2,40)21-12-18-33(44)42(3)32(25-27-19-20-28-15-8-9-16-29(28)23-27)36(47)43(4)31(24-26-13-6-5-7-14-26)35(46)41-30(34(39)45)17-10-11-22-38/h5-9,12-16,18-20,23,30-32H,10-11,17,21-22,24-25,38,40H2,1-4H3,(H2,39,45)(H,41,46)/b18-12+/t30-,31+,32+/m0/s1. The molecule has 0 saturated carbocycles. The van der Waals surface area contributed by atoms with Crippen molar-refractivity contribution in [2.24, 2.45) is 17.2 Å². The summed E-state index contributed by atoms with van der Waals surface area (Å²) in [6.07, 6.45) is 5.65. The van der Waals surface area contributed by atoms with Crippen molar-refractivity contribution < 1.29 is 19.2 Å². The van der Waals surface area contributed by atoms with Crippen LogP contribution in [0.3, 0.4) is 0 Å². The van der Waals surface area contributed by atoms with Gasteiger partial charge in [-0.05, 0) is 74.1 Å². The monoisotopic (exact) mass is 642 g/mol. The van der Waals surface area contributed by atoms with Gasteiger partial charge in [-0.15, -0.1) is 0 Å². The molecule has 0 aliphatic heterocycles. The number of hydrogen-bond acceptors (Lipinski definition) is 6. The number of nitrogens with two attached hydrogens (primary N) is 3. The van der Waals surface area contributed by atoms with Gasteiger partial charge >= 0.3 is 0 Å². The number of hydrogen-bond donors (Lipinski definition) is 4. The summed E-state index contributed by atoms with van der Waals surface area (Å²) in [7, 11) is 3.15. The molecule has 0 spiro atoms. The summed E-state index contributed by atoms with van der Waals surface area (Å²) in [6, 6.07) is 20.3. The highest BCUT2D eigenvalue weighted by Gasteiger charge is 2.36. The first-order valence-electron chi connectivity index (χ1n) is 16.1. The van der Waals surface area contributed by atoms with E-state index in [0.29, 0.717) is 32.2 Å². The zero-order valence-electron chi connectivity index (χ0n) is 28.0. The molecule has 0 aliphatic carbocycles. The zero-order valence-corrected chi connectivity index (χ0v) is 28.0. The summed E-state index contributed by atoms with van der Waals surface area (Å²) in [5.74, 6) is -1.95. The number of rotatable bonds is 17. The van der Waals surface area contributed by atoms with Crippen LogP contribution in [0.5, 0.6) is 0 Å². The molecule has 0 radical (unpaired) electrons. The van der Waals surface area contributed by atoms with Gasteiger partial charge in [0.15, 0.2) is 0 Å². The van der Waals surface area contributed by atoms with E-state index in [1.54, 1.807) is 20.2 Å². The highest BCUT2D eigenvalue weighted by Crippen LogP contribution is 2.20. The number of fused-ring (bicyclic) bond motifs is 1. The van der Waals surface area contributed by atoms with Crippen LogP contribution in [-0.2, 0) is 32.0 Å². The first-order valence-corrected chi connectivity index (χ1v) is 16.1. The van der Waals surface area contributed by atoms with Gasteiger partial charge in [0.25, 0.3) is 0 Å². The SMILES string of the molecule is CN(C(=O)/C=C/CC(C)(C)N)[C@H](Cc1ccc2ccccc2c1)C(=O)N(C)[C@H](Cc1ccccc1)C(=O)N[C@@H](CCCCN)C(N)=O. The van der Waals surface area contributed by atoms with E-state index in [4.69, 9.17) is 17.2 Å². The van der Waals surface area contributed by atoms with Crippen molar-refractivity contribution >= 4 is 34.4 Å². The molecular weight excluding hydrogens is 592 g/mol. The Bertz CT molecular complexity index is 1530. The summed E-state index contributed by atoms with van der Waals surface area (Å²) in [5, 5.41) is 4.85. The highest BCUT2D eigenvalue weighted by atomic mass is 16.2. The average Bonchev–Trinajstić information content (AvgIpc) is 3.04. The predicted octanol–water partition coefficient (Wildman–Crippen LogP) is 3.06. The molecule has 3 aromatic rings. The van der Waals surface area contributed by atoms with Crippen LogP contribution in [0.15, 0.2) is 84.9 Å². The minimum atomic E-state index is -0.988. The van der Waals surface area contributed by atoms with Gasteiger partial charge in [0, 0.05) is 32.5 Å². The number of carbonyl (C=O) groups excluding carboxylic acids is 4. The van der Waals surface area contributed by atoms with Gasteiger partial charge < -0.3 is 32.3 Å². The molecule has 3 rings (SSSR count). The van der Waals surface area contributed by atoms with E-state index in [0.717, 1.165) is 21.9 Å². The fourth-order valence-electron chi connectivity index (χ4n) is 5.39. The van der Waals surface area contributed by atoms with Crippen LogP contribution in [0.2, 0.25) is 0 Å². The molecule has 3 aromatic carbocycles. The Morgan fingerprint density at radius 1 is 0.830 bits per heavy atom. The van der Waals surface area contributed by atoms with Crippen molar-refractivity contribution in [3.63, 3.8) is 0 Å². The van der Waals surface area contributed by atoms with Gasteiger partial charge in [0.05, 0.1) is 0 Å². The number of nitrogens with zero attached hydrogens (tertiary/aromatic N) is 2. The van der Waals surface area contributed by atoms with Gasteiger partial charge in [0.1, 0.15) is 18.1 Å². The quantitative estimate of drug-likeness (QED) is 0.131. The average molecular weight is 643 g/mol. The molecule has 0 bridgehead atoms. The molecule has 4 amide bonds. The summed E-state index contributed by atoms with van der Waals surface area (Å²) in [4.78, 5) is 56.8. The Balaban J connectivity index is 1.97. The Kier molecular flexibility index (Phi) is 13.7. The van der Waals surface area contributed by atoms with Gasteiger partial charge in [-0.25, -0.2) is 0 Å². The summed E-state index contributed by atoms with van der Waals surface area (Å²) in [6.45, 7) is 4.19. The Hall–Kier alpha value is -4.54. The lowest BCUT2D eigenvalue weighted by atomic mass is 9.98. The highest BCUT2D eigenvalue weighted by molar-refractivity contribution is 5.96. The second-order valence-electron chi connectivity index (χ2n) is 12.8. The molecule has 0 aromatic heterocycles. The van der Waals surface area contributed by atoms with Gasteiger partial charge in [-0.2, -0.15) is 0 Å². The van der Waals surface area contributed by atoms with Crippen LogP contribution in [0.4, 0.5) is 0 Å². The van der Waals surface area contributed by atoms with Gasteiger partial charge in [-0.1, -0.05) is 78.9 Å². The molecule has 47 heavy (non-hydrogen) atoms. The Morgan fingerprint density at radius 3 is 2.11 bits per heavy atom. The van der Waals surface area contributed by atoms with Crippen LogP contribution in [-0.4, -0.2) is 77.7 Å². The smallest absolute Gasteiger partial charge is 0.246 e. The van der Waals surface area contributed by atoms with E-state index in [2.05, 4.69) is 5.32 Å². The summed E-state index contributed by atoms with van der Waals surface area (Å²) in [5.41, 5.74) is 18.5. The van der Waals surface area contributed by atoms with E-state index in [-0.39, 0.29) is 18.7 Å². The first kappa shape index (κ1) is 36.9. The third-order valence-corrected chi connectivity index (χ3v) is 8.24. The lowest BCUT2D eigenvalue weighted by molar-refractivity contribution is -0.146. The molecule has 252 valence electrons. The lowest BCUT2D eigenvalue weighted by Gasteiger charge is -2.35. The van der Waals surface area contributed by atoms with Crippen molar-refractivity contribution in [2.75, 3.05) is 20.6 Å². The summed E-state index contributed by atoms with van der Waals surface area (Å²) >= 11 is 0. The van der Waals surface area contributed by atoms with Crippen LogP contribution < -0.4 is 22.5 Å². The van der Waals surface area contributed by atoms with E-state index in [9.17, 15) is 19.2 Å². The minimum absolute atomic E-state index is 0.190. The fourth-order valence-corrected chi connectivity index (χ4v) is 5.39. The van der Waals surface area contributed by atoms with Crippen LogP contribution in [0.25, 0.3) is 10.8 Å². The maximum atomic E-state index is 14.5. The van der Waals surface area contributed by atoms with Crippen molar-refractivity contribution in [2.45, 2.75) is 76.0 Å². The van der Waals surface area contributed by atoms with Gasteiger partial charge in [0.2, 0.25) is 23.6 Å². The molecule has 0 aliphatic rings. The second kappa shape index (κ2) is 17.4. The van der Waals surface area contributed by atoms with Crippen LogP contribution in [0, 0.1) is 0 Å². The molecular formula is C37H50N6O4. The van der Waals surface area contributed by atoms with E-state index < -0.39 is 41.4 Å². The number of primary amides is 1. The minimum Gasteiger partial charge on any atom is -0.368 e. The van der Waals surface area contributed by atoms with Crippen LogP contribution in [0.1, 0.15) is 50.7 Å². The normalized spacial score (nSPS) is 13.6. The van der Waals surface area contributed by atoms with E-state index >= 15 is 0 Å². The first-order chi connectivity index (χ1) is 22.3. The van der Waals surface area contributed by atoms with Gasteiger partial charge in [-0.3, -0.25) is 19.2 Å². The fraction of sp³-hybridized carbons (Fsp3) is 0.405.